The van der Waals surface area contributed by atoms with E-state index in [0.29, 0.717) is 41.0 Å². The fraction of sp³-hybridized carbons (Fsp3) is 0.192. The van der Waals surface area contributed by atoms with Crippen LogP contribution in [0.15, 0.2) is 92.4 Å². The molecule has 214 valence electrons. The van der Waals surface area contributed by atoms with Crippen LogP contribution in [0.4, 0.5) is 13.2 Å². The second kappa shape index (κ2) is 12.1. The zero-order valence-electron chi connectivity index (χ0n) is 21.4. The minimum Gasteiger partial charge on any atom is -0.369 e. The number of hydrazone groups is 1. The number of nitrogens with two attached hydrogens (primary N) is 1. The summed E-state index contributed by atoms with van der Waals surface area (Å²) < 4.78 is 68.8. The molecule has 3 N–H and O–H groups in total. The van der Waals surface area contributed by atoms with Gasteiger partial charge in [-0.2, -0.15) is 31.7 Å². The number of benzene rings is 2. The Labute approximate surface area is 238 Å². The lowest BCUT2D eigenvalue weighted by Crippen LogP contribution is -2.40. The largest absolute Gasteiger partial charge is 0.417 e. The van der Waals surface area contributed by atoms with Gasteiger partial charge in [0.2, 0.25) is 11.9 Å². The summed E-state index contributed by atoms with van der Waals surface area (Å²) in [5, 5.41) is 7.84. The predicted octanol–water partition coefficient (Wildman–Crippen LogP) is 4.14. The van der Waals surface area contributed by atoms with Crippen LogP contribution >= 0.6 is 11.6 Å². The molecule has 1 atom stereocenters. The molecule has 15 heteroatoms. The van der Waals surface area contributed by atoms with Crippen LogP contribution in [0.5, 0.6) is 0 Å². The first-order valence-corrected chi connectivity index (χ1v) is 13.8. The van der Waals surface area contributed by atoms with Gasteiger partial charge in [-0.3, -0.25) is 10.1 Å². The van der Waals surface area contributed by atoms with Crippen LogP contribution < -0.4 is 11.1 Å². The van der Waals surface area contributed by atoms with Gasteiger partial charge < -0.3 is 5.73 Å². The summed E-state index contributed by atoms with van der Waals surface area (Å²) in [7, 11) is -4.69. The standard InChI is InChI=1S/C26H23ClF3N7O3S/c1-16(38)33-24(31)34-25(36-41(39,40)22-12-9-19(15-32-22)26(28,29)30)37-14-13-21(17-5-3-2-4-6-17)23(35-37)18-7-10-20(27)11-8-18/h2-12,15,21H,13-14H2,1H3,(H3,31,33,34,36,38)/t21-/m1/s1. The molecule has 0 saturated carbocycles. The van der Waals surface area contributed by atoms with Gasteiger partial charge in [0, 0.05) is 30.6 Å². The Hall–Kier alpha value is -4.30. The SMILES string of the molecule is CC(=O)N/C(N)=N/C(=N/S(=O)(=O)c1ccc(C(F)(F)F)cn1)N1CC[C@H](c2ccccc2)C(c2ccc(Cl)cc2)=N1. The van der Waals surface area contributed by atoms with Crippen molar-refractivity contribution >= 4 is 45.2 Å². The van der Waals surface area contributed by atoms with Crippen molar-refractivity contribution in [1.29, 1.82) is 0 Å². The minimum atomic E-state index is -4.71. The van der Waals surface area contributed by atoms with Crippen LogP contribution in [-0.4, -0.2) is 48.5 Å². The van der Waals surface area contributed by atoms with Gasteiger partial charge in [-0.05, 0) is 41.8 Å². The molecule has 0 unspecified atom stereocenters. The topological polar surface area (TPSA) is 142 Å². The number of carbonyl (C=O) groups is 1. The number of halogens is 4. The molecule has 2 aromatic carbocycles. The first-order chi connectivity index (χ1) is 19.3. The molecule has 1 aromatic heterocycles. The fourth-order valence-electron chi connectivity index (χ4n) is 3.97. The third kappa shape index (κ3) is 7.46. The van der Waals surface area contributed by atoms with Crippen molar-refractivity contribution in [2.75, 3.05) is 6.54 Å². The van der Waals surface area contributed by atoms with Crippen LogP contribution in [0.3, 0.4) is 0 Å². The Morgan fingerprint density at radius 2 is 1.78 bits per heavy atom. The number of pyridine rings is 1. The van der Waals surface area contributed by atoms with Gasteiger partial charge in [0.05, 0.1) is 11.3 Å². The average Bonchev–Trinajstić information content (AvgIpc) is 2.92. The Kier molecular flexibility index (Phi) is 8.73. The van der Waals surface area contributed by atoms with E-state index in [-0.39, 0.29) is 12.5 Å². The third-order valence-electron chi connectivity index (χ3n) is 5.82. The lowest BCUT2D eigenvalue weighted by molar-refractivity contribution is -0.137. The zero-order chi connectivity index (χ0) is 29.8. The van der Waals surface area contributed by atoms with E-state index in [2.05, 4.69) is 24.8 Å². The predicted molar refractivity (Wildman–Crippen MR) is 148 cm³/mol. The van der Waals surface area contributed by atoms with Gasteiger partial charge in [0.25, 0.3) is 5.96 Å². The second-order valence-electron chi connectivity index (χ2n) is 8.79. The Morgan fingerprint density at radius 1 is 1.10 bits per heavy atom. The van der Waals surface area contributed by atoms with E-state index in [9.17, 15) is 26.4 Å². The van der Waals surface area contributed by atoms with Crippen LogP contribution in [0, 0.1) is 0 Å². The number of hydrogen-bond acceptors (Lipinski definition) is 5. The number of nitrogens with one attached hydrogen (secondary N) is 1. The summed E-state index contributed by atoms with van der Waals surface area (Å²) in [5.41, 5.74) is 6.87. The number of alkyl halides is 3. The van der Waals surface area contributed by atoms with Crippen molar-refractivity contribution in [2.45, 2.75) is 30.5 Å². The quantitative estimate of drug-likeness (QED) is 0.338. The van der Waals surface area contributed by atoms with Crippen molar-refractivity contribution in [3.8, 4) is 0 Å². The highest BCUT2D eigenvalue weighted by Gasteiger charge is 2.32. The number of rotatable bonds is 4. The number of hydrogen-bond donors (Lipinski definition) is 2. The van der Waals surface area contributed by atoms with E-state index in [1.807, 2.05) is 30.3 Å². The monoisotopic (exact) mass is 605 g/mol. The number of aromatic nitrogens is 1. The van der Waals surface area contributed by atoms with E-state index >= 15 is 0 Å². The molecule has 0 fully saturated rings. The molecule has 0 bridgehead atoms. The van der Waals surface area contributed by atoms with Gasteiger partial charge in [0.1, 0.15) is 0 Å². The summed E-state index contributed by atoms with van der Waals surface area (Å²) >= 11 is 6.08. The molecule has 3 aromatic rings. The lowest BCUT2D eigenvalue weighted by Gasteiger charge is -2.30. The molecule has 0 saturated heterocycles. The normalized spacial score (nSPS) is 16.8. The highest BCUT2D eigenvalue weighted by molar-refractivity contribution is 7.90. The molecule has 1 aliphatic rings. The van der Waals surface area contributed by atoms with Crippen molar-refractivity contribution < 1.29 is 26.4 Å². The van der Waals surface area contributed by atoms with Gasteiger partial charge in [-0.1, -0.05) is 54.1 Å². The molecule has 1 aliphatic heterocycles. The van der Waals surface area contributed by atoms with E-state index < -0.39 is 44.6 Å². The van der Waals surface area contributed by atoms with Crippen LogP contribution in [0.1, 0.15) is 36.0 Å². The third-order valence-corrected chi connectivity index (χ3v) is 7.24. The number of guanidine groups is 2. The maximum absolute atomic E-state index is 13.1. The lowest BCUT2D eigenvalue weighted by atomic mass is 9.86. The minimum absolute atomic E-state index is 0.127. The van der Waals surface area contributed by atoms with Crippen molar-refractivity contribution in [3.63, 3.8) is 0 Å². The fourth-order valence-corrected chi connectivity index (χ4v) is 4.96. The molecular weight excluding hydrogens is 583 g/mol. The van der Waals surface area contributed by atoms with E-state index in [0.717, 1.165) is 5.56 Å². The Morgan fingerprint density at radius 3 is 2.37 bits per heavy atom. The van der Waals surface area contributed by atoms with E-state index in [1.54, 1.807) is 24.3 Å². The number of nitrogens with zero attached hydrogens (tertiary/aromatic N) is 5. The molecule has 0 spiro atoms. The number of sulfonamides is 1. The van der Waals surface area contributed by atoms with Crippen LogP contribution in [-0.2, 0) is 21.0 Å². The summed E-state index contributed by atoms with van der Waals surface area (Å²) in [5.74, 6) is -1.78. The number of carbonyl (C=O) groups excluding carboxylic acids is 1. The Bertz CT molecular complexity index is 1610. The molecule has 4 rings (SSSR count). The summed E-state index contributed by atoms with van der Waals surface area (Å²) in [6.45, 7) is 1.30. The maximum Gasteiger partial charge on any atom is 0.417 e. The summed E-state index contributed by atoms with van der Waals surface area (Å²) in [6.07, 6.45) is -3.88. The Balaban J connectivity index is 1.82. The van der Waals surface area contributed by atoms with Gasteiger partial charge in [-0.25, -0.2) is 9.99 Å². The molecule has 41 heavy (non-hydrogen) atoms. The van der Waals surface area contributed by atoms with Gasteiger partial charge in [-0.15, -0.1) is 4.40 Å². The maximum atomic E-state index is 13.1. The molecule has 0 radical (unpaired) electrons. The van der Waals surface area contributed by atoms with E-state index in [4.69, 9.17) is 17.3 Å². The van der Waals surface area contributed by atoms with Crippen molar-refractivity contribution in [2.24, 2.45) is 20.2 Å². The van der Waals surface area contributed by atoms with Gasteiger partial charge in [0.15, 0.2) is 5.03 Å². The first kappa shape index (κ1) is 29.7. The summed E-state index contributed by atoms with van der Waals surface area (Å²) in [6, 6.07) is 17.7. The molecular formula is C26H23ClF3N7O3S. The second-order valence-corrected chi connectivity index (χ2v) is 10.8. The number of amides is 1. The van der Waals surface area contributed by atoms with Crippen molar-refractivity contribution in [3.05, 3.63) is 94.6 Å². The summed E-state index contributed by atoms with van der Waals surface area (Å²) in [4.78, 5) is 18.9. The van der Waals surface area contributed by atoms with E-state index in [1.165, 1.54) is 11.9 Å². The van der Waals surface area contributed by atoms with Crippen molar-refractivity contribution in [1.82, 2.24) is 15.3 Å². The number of aliphatic imine (C=N–C) groups is 1. The highest BCUT2D eigenvalue weighted by atomic mass is 35.5. The molecule has 1 amide bonds. The smallest absolute Gasteiger partial charge is 0.369 e. The van der Waals surface area contributed by atoms with Gasteiger partial charge >= 0.3 is 16.2 Å². The average molecular weight is 606 g/mol. The van der Waals surface area contributed by atoms with Crippen LogP contribution in [0.2, 0.25) is 5.02 Å². The highest BCUT2D eigenvalue weighted by Crippen LogP contribution is 2.31. The van der Waals surface area contributed by atoms with Crippen LogP contribution in [0.25, 0.3) is 0 Å². The zero-order valence-corrected chi connectivity index (χ0v) is 23.0. The molecule has 2 heterocycles. The first-order valence-electron chi connectivity index (χ1n) is 12.0. The molecule has 0 aliphatic carbocycles. The molecule has 10 nitrogen and oxygen atoms in total.